The van der Waals surface area contributed by atoms with Crippen molar-refractivity contribution in [2.24, 2.45) is 0 Å². The molecule has 0 saturated heterocycles. The van der Waals surface area contributed by atoms with Crippen LogP contribution in [0.25, 0.3) is 11.3 Å². The van der Waals surface area contributed by atoms with E-state index in [1.807, 2.05) is 19.1 Å². The molecule has 2 rings (SSSR count). The van der Waals surface area contributed by atoms with E-state index in [0.29, 0.717) is 22.8 Å². The van der Waals surface area contributed by atoms with E-state index in [2.05, 4.69) is 5.10 Å². The highest BCUT2D eigenvalue weighted by Gasteiger charge is 2.08. The molecule has 1 N–H and O–H groups in total. The molecule has 0 aliphatic rings. The predicted octanol–water partition coefficient (Wildman–Crippen LogP) is 2.47. The van der Waals surface area contributed by atoms with E-state index in [9.17, 15) is 9.90 Å². The topological polar surface area (TPSA) is 55.1 Å². The highest BCUT2D eigenvalue weighted by atomic mass is 35.5. The molecule has 0 atom stereocenters. The van der Waals surface area contributed by atoms with Crippen LogP contribution in [-0.4, -0.2) is 14.9 Å². The van der Waals surface area contributed by atoms with Crippen molar-refractivity contribution in [3.8, 4) is 11.3 Å². The molecule has 2 aromatic rings. The van der Waals surface area contributed by atoms with Crippen LogP contribution in [0.4, 0.5) is 0 Å². The van der Waals surface area contributed by atoms with Crippen molar-refractivity contribution in [1.82, 2.24) is 9.78 Å². The lowest BCUT2D eigenvalue weighted by Crippen LogP contribution is -2.26. The molecule has 100 valence electrons. The van der Waals surface area contributed by atoms with Crippen molar-refractivity contribution >= 4 is 11.6 Å². The largest absolute Gasteiger partial charge is 0.391 e. The first kappa shape index (κ1) is 13.8. The Labute approximate surface area is 116 Å². The minimum Gasteiger partial charge on any atom is -0.391 e. The average molecular weight is 279 g/mol. The first-order valence-electron chi connectivity index (χ1n) is 6.13. The summed E-state index contributed by atoms with van der Waals surface area (Å²) in [5.74, 6) is 0. The first-order chi connectivity index (χ1) is 9.15. The summed E-state index contributed by atoms with van der Waals surface area (Å²) in [5, 5.41) is 14.2. The summed E-state index contributed by atoms with van der Waals surface area (Å²) in [6, 6.07) is 8.84. The van der Waals surface area contributed by atoms with Crippen LogP contribution in [0.2, 0.25) is 5.02 Å². The highest BCUT2D eigenvalue weighted by Crippen LogP contribution is 2.19. The summed E-state index contributed by atoms with van der Waals surface area (Å²) in [6.45, 7) is 2.22. The average Bonchev–Trinajstić information content (AvgIpc) is 2.42. The fraction of sp³-hybridized carbons (Fsp3) is 0.286. The maximum absolute atomic E-state index is 11.9. The van der Waals surface area contributed by atoms with Gasteiger partial charge in [0.25, 0.3) is 5.56 Å². The molecule has 0 fully saturated rings. The molecular weight excluding hydrogens is 264 g/mol. The van der Waals surface area contributed by atoms with Crippen molar-refractivity contribution in [1.29, 1.82) is 0 Å². The van der Waals surface area contributed by atoms with Crippen LogP contribution < -0.4 is 5.56 Å². The number of rotatable bonds is 4. The summed E-state index contributed by atoms with van der Waals surface area (Å²) >= 11 is 5.85. The van der Waals surface area contributed by atoms with Gasteiger partial charge in [0, 0.05) is 22.7 Å². The van der Waals surface area contributed by atoms with E-state index < -0.39 is 0 Å². The summed E-state index contributed by atoms with van der Waals surface area (Å²) in [5.41, 5.74) is 1.65. The van der Waals surface area contributed by atoms with Crippen LogP contribution in [0.5, 0.6) is 0 Å². The molecule has 0 bridgehead atoms. The lowest BCUT2D eigenvalue weighted by atomic mass is 10.1. The molecule has 0 saturated carbocycles. The minimum atomic E-state index is -0.286. The van der Waals surface area contributed by atoms with E-state index in [0.717, 1.165) is 12.0 Å². The summed E-state index contributed by atoms with van der Waals surface area (Å²) in [7, 11) is 0. The van der Waals surface area contributed by atoms with Gasteiger partial charge in [-0.25, -0.2) is 4.68 Å². The highest BCUT2D eigenvalue weighted by molar-refractivity contribution is 6.30. The van der Waals surface area contributed by atoms with E-state index in [1.165, 1.54) is 4.68 Å². The van der Waals surface area contributed by atoms with E-state index in [4.69, 9.17) is 11.6 Å². The van der Waals surface area contributed by atoms with Crippen molar-refractivity contribution in [2.45, 2.75) is 26.5 Å². The molecule has 0 spiro atoms. The molecule has 4 nitrogen and oxygen atoms in total. The SMILES string of the molecule is CCCn1nc(-c2ccc(Cl)cc2)cc(CO)c1=O. The Kier molecular flexibility index (Phi) is 4.35. The molecule has 0 unspecified atom stereocenters. The Morgan fingerprint density at radius 1 is 1.32 bits per heavy atom. The number of nitrogens with zero attached hydrogens (tertiary/aromatic N) is 2. The van der Waals surface area contributed by atoms with E-state index in [-0.39, 0.29) is 12.2 Å². The zero-order valence-corrected chi connectivity index (χ0v) is 11.4. The Hall–Kier alpha value is -1.65. The third kappa shape index (κ3) is 3.03. The second-order valence-corrected chi connectivity index (χ2v) is 4.68. The van der Waals surface area contributed by atoms with Gasteiger partial charge >= 0.3 is 0 Å². The van der Waals surface area contributed by atoms with Gasteiger partial charge in [-0.3, -0.25) is 4.79 Å². The minimum absolute atomic E-state index is 0.234. The lowest BCUT2D eigenvalue weighted by molar-refractivity contribution is 0.278. The molecule has 0 radical (unpaired) electrons. The number of hydrogen-bond donors (Lipinski definition) is 1. The predicted molar refractivity (Wildman–Crippen MR) is 75.2 cm³/mol. The van der Waals surface area contributed by atoms with Gasteiger partial charge in [0.15, 0.2) is 0 Å². The van der Waals surface area contributed by atoms with E-state index >= 15 is 0 Å². The maximum Gasteiger partial charge on any atom is 0.272 e. The second kappa shape index (κ2) is 5.99. The summed E-state index contributed by atoms with van der Waals surface area (Å²) in [4.78, 5) is 11.9. The van der Waals surface area contributed by atoms with Gasteiger partial charge in [-0.2, -0.15) is 5.10 Å². The molecule has 0 amide bonds. The molecule has 1 heterocycles. The Morgan fingerprint density at radius 2 is 2.00 bits per heavy atom. The first-order valence-corrected chi connectivity index (χ1v) is 6.51. The standard InChI is InChI=1S/C14H15ClN2O2/c1-2-7-17-14(19)11(9-18)8-13(16-17)10-3-5-12(15)6-4-10/h3-6,8,18H,2,7,9H2,1H3. The van der Waals surface area contributed by atoms with Crippen molar-refractivity contribution < 1.29 is 5.11 Å². The van der Waals surface area contributed by atoms with Gasteiger partial charge < -0.3 is 5.11 Å². The van der Waals surface area contributed by atoms with Gasteiger partial charge in [0.05, 0.1) is 12.3 Å². The summed E-state index contributed by atoms with van der Waals surface area (Å²) in [6.07, 6.45) is 0.807. The molecule has 0 aliphatic carbocycles. The molecule has 5 heteroatoms. The van der Waals surface area contributed by atoms with E-state index in [1.54, 1.807) is 18.2 Å². The van der Waals surface area contributed by atoms with Crippen molar-refractivity contribution in [2.75, 3.05) is 0 Å². The molecule has 0 aliphatic heterocycles. The van der Waals surface area contributed by atoms with Crippen molar-refractivity contribution in [3.63, 3.8) is 0 Å². The normalized spacial score (nSPS) is 10.7. The van der Waals surface area contributed by atoms with Gasteiger partial charge in [-0.05, 0) is 24.6 Å². The number of halogens is 1. The van der Waals surface area contributed by atoms with Gasteiger partial charge in [-0.1, -0.05) is 30.7 Å². The second-order valence-electron chi connectivity index (χ2n) is 4.25. The van der Waals surface area contributed by atoms with Crippen LogP contribution >= 0.6 is 11.6 Å². The van der Waals surface area contributed by atoms with Crippen molar-refractivity contribution in [3.05, 3.63) is 51.3 Å². The Morgan fingerprint density at radius 3 is 2.58 bits per heavy atom. The van der Waals surface area contributed by atoms with Gasteiger partial charge in [0.1, 0.15) is 0 Å². The summed E-state index contributed by atoms with van der Waals surface area (Å²) < 4.78 is 1.40. The van der Waals surface area contributed by atoms with Crippen LogP contribution in [0.1, 0.15) is 18.9 Å². The smallest absolute Gasteiger partial charge is 0.272 e. The number of aliphatic hydroxyl groups excluding tert-OH is 1. The number of benzene rings is 1. The fourth-order valence-corrected chi connectivity index (χ4v) is 1.96. The lowest BCUT2D eigenvalue weighted by Gasteiger charge is -2.09. The number of aryl methyl sites for hydroxylation is 1. The van der Waals surface area contributed by atoms with Gasteiger partial charge in [-0.15, -0.1) is 0 Å². The van der Waals surface area contributed by atoms with Gasteiger partial charge in [0.2, 0.25) is 0 Å². The Bertz CT molecular complexity index is 620. The van der Waals surface area contributed by atoms with Crippen LogP contribution in [0.15, 0.2) is 35.1 Å². The maximum atomic E-state index is 11.9. The number of hydrogen-bond acceptors (Lipinski definition) is 3. The molecule has 19 heavy (non-hydrogen) atoms. The molecule has 1 aromatic heterocycles. The Balaban J connectivity index is 2.54. The fourth-order valence-electron chi connectivity index (χ4n) is 1.84. The molecule has 1 aromatic carbocycles. The van der Waals surface area contributed by atoms with Crippen LogP contribution in [0.3, 0.4) is 0 Å². The van der Waals surface area contributed by atoms with Crippen LogP contribution in [0, 0.1) is 0 Å². The third-order valence-corrected chi connectivity index (χ3v) is 3.05. The number of aliphatic hydroxyl groups is 1. The monoisotopic (exact) mass is 278 g/mol. The number of aromatic nitrogens is 2. The third-order valence-electron chi connectivity index (χ3n) is 2.79. The zero-order valence-electron chi connectivity index (χ0n) is 10.6. The quantitative estimate of drug-likeness (QED) is 0.935. The molecular formula is C14H15ClN2O2. The van der Waals surface area contributed by atoms with Crippen LogP contribution in [-0.2, 0) is 13.2 Å². The zero-order chi connectivity index (χ0) is 13.8.